The molecule has 15 heavy (non-hydrogen) atoms. The van der Waals surface area contributed by atoms with Gasteiger partial charge in [0.15, 0.2) is 0 Å². The van der Waals surface area contributed by atoms with E-state index in [1.807, 2.05) is 22.6 Å². The van der Waals surface area contributed by atoms with Crippen LogP contribution in [0.25, 0.3) is 0 Å². The van der Waals surface area contributed by atoms with Gasteiger partial charge in [-0.15, -0.1) is 0 Å². The van der Waals surface area contributed by atoms with Crippen LogP contribution in [0.15, 0.2) is 18.2 Å². The van der Waals surface area contributed by atoms with Crippen molar-refractivity contribution >= 4 is 28.6 Å². The van der Waals surface area contributed by atoms with Gasteiger partial charge in [-0.2, -0.15) is 0 Å². The number of carbonyl (C=O) groups is 1. The number of halogens is 2. The first-order valence-corrected chi connectivity index (χ1v) is 5.56. The van der Waals surface area contributed by atoms with Crippen LogP contribution >= 0.6 is 22.6 Å². The quantitative estimate of drug-likeness (QED) is 0.585. The van der Waals surface area contributed by atoms with Crippen molar-refractivity contribution in [2.45, 2.75) is 26.4 Å². The Morgan fingerprint density at radius 1 is 1.40 bits per heavy atom. The second kappa shape index (κ2) is 4.47. The van der Waals surface area contributed by atoms with Crippen molar-refractivity contribution in [2.24, 2.45) is 0 Å². The molecule has 0 saturated carbocycles. The van der Waals surface area contributed by atoms with Gasteiger partial charge in [0.25, 0.3) is 0 Å². The number of carbonyl (C=O) groups excluding carboxylic acids is 1. The molecule has 0 aromatic heterocycles. The second-order valence-electron chi connectivity index (χ2n) is 4.13. The molecule has 4 heteroatoms. The Morgan fingerprint density at radius 3 is 2.47 bits per heavy atom. The first kappa shape index (κ1) is 12.4. The first-order chi connectivity index (χ1) is 6.79. The number of hydrogen-bond donors (Lipinski definition) is 0. The molecule has 0 radical (unpaired) electrons. The summed E-state index contributed by atoms with van der Waals surface area (Å²) in [4.78, 5) is 11.6. The standard InChI is InChI=1S/C11H12FIO2/c1-11(2,3)15-10(14)8-5-4-7(12)6-9(8)13/h4-6H,1-3H3. The van der Waals surface area contributed by atoms with Gasteiger partial charge in [-0.3, -0.25) is 0 Å². The lowest BCUT2D eigenvalue weighted by atomic mass is 10.1. The lowest BCUT2D eigenvalue weighted by Crippen LogP contribution is -2.24. The van der Waals surface area contributed by atoms with Gasteiger partial charge in [0.2, 0.25) is 0 Å². The van der Waals surface area contributed by atoms with E-state index in [9.17, 15) is 9.18 Å². The summed E-state index contributed by atoms with van der Waals surface area (Å²) in [6.07, 6.45) is 0. The molecule has 0 aliphatic carbocycles. The van der Waals surface area contributed by atoms with Gasteiger partial charge in [-0.1, -0.05) is 0 Å². The van der Waals surface area contributed by atoms with Crippen molar-refractivity contribution in [1.82, 2.24) is 0 Å². The molecule has 0 atom stereocenters. The molecule has 82 valence electrons. The third kappa shape index (κ3) is 3.77. The number of ether oxygens (including phenoxy) is 1. The number of hydrogen-bond acceptors (Lipinski definition) is 2. The minimum absolute atomic E-state index is 0.355. The van der Waals surface area contributed by atoms with E-state index >= 15 is 0 Å². The monoisotopic (exact) mass is 322 g/mol. The maximum atomic E-state index is 12.8. The minimum Gasteiger partial charge on any atom is -0.456 e. The predicted molar refractivity (Wildman–Crippen MR) is 64.3 cm³/mol. The molecule has 0 amide bonds. The fourth-order valence-corrected chi connectivity index (χ4v) is 1.69. The summed E-state index contributed by atoms with van der Waals surface area (Å²) in [6, 6.07) is 3.99. The molecule has 0 aliphatic heterocycles. The van der Waals surface area contributed by atoms with Crippen LogP contribution in [-0.4, -0.2) is 11.6 Å². The maximum absolute atomic E-state index is 12.8. The highest BCUT2D eigenvalue weighted by Gasteiger charge is 2.19. The first-order valence-electron chi connectivity index (χ1n) is 4.48. The summed E-state index contributed by atoms with van der Waals surface area (Å²) in [5, 5.41) is 0. The number of benzene rings is 1. The van der Waals surface area contributed by atoms with Crippen molar-refractivity contribution in [2.75, 3.05) is 0 Å². The SMILES string of the molecule is CC(C)(C)OC(=O)c1ccc(F)cc1I. The molecule has 0 N–H and O–H groups in total. The lowest BCUT2D eigenvalue weighted by Gasteiger charge is -2.19. The fraction of sp³-hybridized carbons (Fsp3) is 0.364. The minimum atomic E-state index is -0.533. The average Bonchev–Trinajstić information content (AvgIpc) is 1.99. The normalized spacial score (nSPS) is 11.3. The van der Waals surface area contributed by atoms with E-state index in [2.05, 4.69) is 0 Å². The van der Waals surface area contributed by atoms with Gasteiger partial charge in [-0.25, -0.2) is 9.18 Å². The molecule has 1 rings (SSSR count). The molecular weight excluding hydrogens is 310 g/mol. The fourth-order valence-electron chi connectivity index (χ4n) is 0.988. The summed E-state index contributed by atoms with van der Waals surface area (Å²) in [5.74, 6) is -0.779. The maximum Gasteiger partial charge on any atom is 0.339 e. The summed E-state index contributed by atoms with van der Waals surface area (Å²) < 4.78 is 18.5. The van der Waals surface area contributed by atoms with Crippen molar-refractivity contribution < 1.29 is 13.9 Å². The molecule has 2 nitrogen and oxygen atoms in total. The summed E-state index contributed by atoms with van der Waals surface area (Å²) in [6.45, 7) is 5.38. The lowest BCUT2D eigenvalue weighted by molar-refractivity contribution is 0.00683. The van der Waals surface area contributed by atoms with Crippen LogP contribution in [0.5, 0.6) is 0 Å². The summed E-state index contributed by atoms with van der Waals surface area (Å²) >= 11 is 1.91. The van der Waals surface area contributed by atoms with E-state index in [4.69, 9.17) is 4.74 Å². The van der Waals surface area contributed by atoms with E-state index in [1.165, 1.54) is 18.2 Å². The molecular formula is C11H12FIO2. The zero-order chi connectivity index (χ0) is 11.6. The van der Waals surface area contributed by atoms with Gasteiger partial charge in [0, 0.05) is 3.57 Å². The Bertz CT molecular complexity index is 383. The Hall–Kier alpha value is -0.650. The van der Waals surface area contributed by atoms with Crippen LogP contribution in [0.2, 0.25) is 0 Å². The second-order valence-corrected chi connectivity index (χ2v) is 5.29. The molecule has 0 saturated heterocycles. The van der Waals surface area contributed by atoms with Crippen LogP contribution in [-0.2, 0) is 4.74 Å². The van der Waals surface area contributed by atoms with Crippen LogP contribution in [0.1, 0.15) is 31.1 Å². The van der Waals surface area contributed by atoms with E-state index < -0.39 is 11.6 Å². The largest absolute Gasteiger partial charge is 0.456 e. The third-order valence-corrected chi connectivity index (χ3v) is 2.44. The smallest absolute Gasteiger partial charge is 0.339 e. The van der Waals surface area contributed by atoms with Crippen molar-refractivity contribution in [3.05, 3.63) is 33.1 Å². The van der Waals surface area contributed by atoms with Crippen LogP contribution in [0.3, 0.4) is 0 Å². The Morgan fingerprint density at radius 2 is 2.00 bits per heavy atom. The zero-order valence-electron chi connectivity index (χ0n) is 8.80. The highest BCUT2D eigenvalue weighted by atomic mass is 127. The highest BCUT2D eigenvalue weighted by molar-refractivity contribution is 14.1. The Labute approximate surface area is 102 Å². The van der Waals surface area contributed by atoms with E-state index in [1.54, 1.807) is 20.8 Å². The molecule has 0 bridgehead atoms. The van der Waals surface area contributed by atoms with Crippen LogP contribution in [0, 0.1) is 9.39 Å². The van der Waals surface area contributed by atoms with Crippen LogP contribution in [0.4, 0.5) is 4.39 Å². The third-order valence-electron chi connectivity index (χ3n) is 1.55. The molecule has 1 aromatic carbocycles. The van der Waals surface area contributed by atoms with E-state index in [-0.39, 0.29) is 5.82 Å². The van der Waals surface area contributed by atoms with Gasteiger partial charge < -0.3 is 4.74 Å². The molecule has 0 spiro atoms. The Balaban J connectivity index is 2.92. The van der Waals surface area contributed by atoms with Crippen LogP contribution < -0.4 is 0 Å². The molecule has 0 fully saturated rings. The van der Waals surface area contributed by atoms with Crippen molar-refractivity contribution in [3.63, 3.8) is 0 Å². The predicted octanol–water partition coefficient (Wildman–Crippen LogP) is 3.39. The van der Waals surface area contributed by atoms with E-state index in [0.29, 0.717) is 9.13 Å². The molecule has 0 heterocycles. The average molecular weight is 322 g/mol. The topological polar surface area (TPSA) is 26.3 Å². The molecule has 1 aromatic rings. The molecule has 0 unspecified atom stereocenters. The van der Waals surface area contributed by atoms with Crippen molar-refractivity contribution in [3.8, 4) is 0 Å². The highest BCUT2D eigenvalue weighted by Crippen LogP contribution is 2.18. The summed E-state index contributed by atoms with van der Waals surface area (Å²) in [7, 11) is 0. The van der Waals surface area contributed by atoms with Gasteiger partial charge in [-0.05, 0) is 61.6 Å². The van der Waals surface area contributed by atoms with Gasteiger partial charge >= 0.3 is 5.97 Å². The zero-order valence-corrected chi connectivity index (χ0v) is 11.0. The number of rotatable bonds is 1. The number of esters is 1. The van der Waals surface area contributed by atoms with Gasteiger partial charge in [0.1, 0.15) is 11.4 Å². The Kier molecular flexibility index (Phi) is 3.70. The van der Waals surface area contributed by atoms with E-state index in [0.717, 1.165) is 0 Å². The molecule has 0 aliphatic rings. The summed E-state index contributed by atoms with van der Waals surface area (Å²) in [5.41, 5.74) is -0.138. The van der Waals surface area contributed by atoms with Gasteiger partial charge in [0.05, 0.1) is 5.56 Å². The van der Waals surface area contributed by atoms with Crippen molar-refractivity contribution in [1.29, 1.82) is 0 Å².